The second-order valence-corrected chi connectivity index (χ2v) is 10.4. The molecule has 0 radical (unpaired) electrons. The van der Waals surface area contributed by atoms with Crippen molar-refractivity contribution in [3.63, 3.8) is 0 Å². The maximum absolute atomic E-state index is 13.7. The molecule has 8 nitrogen and oxygen atoms in total. The summed E-state index contributed by atoms with van der Waals surface area (Å²) in [4.78, 5) is 24.5. The molecule has 9 heteroatoms. The summed E-state index contributed by atoms with van der Waals surface area (Å²) in [5, 5.41) is 0.694. The number of aromatic nitrogens is 4. The Morgan fingerprint density at radius 2 is 1.94 bits per heavy atom. The van der Waals surface area contributed by atoms with Crippen LogP contribution in [0.4, 0.5) is 0 Å². The van der Waals surface area contributed by atoms with Gasteiger partial charge in [-0.2, -0.15) is 0 Å². The zero-order valence-electron chi connectivity index (χ0n) is 18.9. The number of carbonyl (C=O) groups is 1. The molecule has 1 fully saturated rings. The Balaban J connectivity index is 1.82. The predicted octanol–water partition coefficient (Wildman–Crippen LogP) is 4.69. The predicted molar refractivity (Wildman–Crippen MR) is 128 cm³/mol. The largest absolute Gasteiger partial charge is 0.367 e. The Labute approximate surface area is 197 Å². The van der Waals surface area contributed by atoms with Crippen LogP contribution in [0.1, 0.15) is 50.6 Å². The second-order valence-electron chi connectivity index (χ2n) is 8.54. The van der Waals surface area contributed by atoms with Crippen LogP contribution < -0.4 is 0 Å². The molecule has 0 aliphatic heterocycles. The number of fused-ring (bicyclic) bond motifs is 3. The molecule has 3 heterocycles. The molecular formula is C25H26N4O4S. The summed E-state index contributed by atoms with van der Waals surface area (Å²) in [7, 11) is -3.94. The second kappa shape index (κ2) is 8.81. The summed E-state index contributed by atoms with van der Waals surface area (Å²) in [6, 6.07) is 10.1. The van der Waals surface area contributed by atoms with Crippen LogP contribution in [0.2, 0.25) is 0 Å². The number of hydrogen-bond acceptors (Lipinski definition) is 6. The summed E-state index contributed by atoms with van der Waals surface area (Å²) in [6.07, 6.45) is 5.31. The number of carbonyl (C=O) groups excluding carboxylic acids is 1. The van der Waals surface area contributed by atoms with Crippen LogP contribution in [0.25, 0.3) is 22.1 Å². The van der Waals surface area contributed by atoms with Gasteiger partial charge in [-0.3, -0.25) is 4.79 Å². The highest BCUT2D eigenvalue weighted by molar-refractivity contribution is 7.91. The molecule has 34 heavy (non-hydrogen) atoms. The summed E-state index contributed by atoms with van der Waals surface area (Å²) in [5.41, 5.74) is 1.49. The van der Waals surface area contributed by atoms with Crippen LogP contribution in [0.3, 0.4) is 0 Å². The maximum Gasteiger partial charge on any atom is 0.226 e. The highest BCUT2D eigenvalue weighted by atomic mass is 32.2. The Kier molecular flexibility index (Phi) is 5.83. The third kappa shape index (κ3) is 3.74. The van der Waals surface area contributed by atoms with Gasteiger partial charge in [-0.25, -0.2) is 18.4 Å². The van der Waals surface area contributed by atoms with E-state index in [0.29, 0.717) is 54.8 Å². The normalized spacial score (nSPS) is 16.3. The number of nitrogens with one attached hydrogen (secondary N) is 1. The zero-order chi connectivity index (χ0) is 23.9. The first-order chi connectivity index (χ1) is 16.4. The highest BCUT2D eigenvalue weighted by Crippen LogP contribution is 2.39. The quantitative estimate of drug-likeness (QED) is 0.386. The van der Waals surface area contributed by atoms with Crippen molar-refractivity contribution in [2.75, 3.05) is 6.61 Å². The first-order valence-electron chi connectivity index (χ1n) is 11.3. The van der Waals surface area contributed by atoms with E-state index >= 15 is 0 Å². The van der Waals surface area contributed by atoms with Gasteiger partial charge in [0.25, 0.3) is 0 Å². The summed E-state index contributed by atoms with van der Waals surface area (Å²) < 4.78 is 35.4. The van der Waals surface area contributed by atoms with Crippen molar-refractivity contribution in [3.05, 3.63) is 61.1 Å². The van der Waals surface area contributed by atoms with E-state index in [1.165, 1.54) is 0 Å². The number of ether oxygens (including phenoxy) is 1. The minimum absolute atomic E-state index is 0.000241. The Morgan fingerprint density at radius 3 is 2.65 bits per heavy atom. The molecule has 1 aliphatic rings. The summed E-state index contributed by atoms with van der Waals surface area (Å²) >= 11 is 0. The van der Waals surface area contributed by atoms with Crippen LogP contribution in [0, 0.1) is 0 Å². The molecule has 1 aliphatic carbocycles. The van der Waals surface area contributed by atoms with Gasteiger partial charge >= 0.3 is 0 Å². The van der Waals surface area contributed by atoms with Gasteiger partial charge in [-0.1, -0.05) is 24.3 Å². The number of sulfone groups is 1. The SMILES string of the molecule is C=CCO[C@H](C)c1nc2c(S(=O)(=O)c3ccccc3)nc3[nH]ccc3c2n1C1CCC(=O)CC1. The summed E-state index contributed by atoms with van der Waals surface area (Å²) in [5.74, 6) is 0.871. The number of rotatable bonds is 7. The summed E-state index contributed by atoms with van der Waals surface area (Å²) in [6.45, 7) is 5.95. The van der Waals surface area contributed by atoms with E-state index in [4.69, 9.17) is 9.72 Å². The van der Waals surface area contributed by atoms with E-state index in [0.717, 1.165) is 5.39 Å². The third-order valence-corrected chi connectivity index (χ3v) is 8.03. The number of hydrogen-bond donors (Lipinski definition) is 1. The monoisotopic (exact) mass is 478 g/mol. The highest BCUT2D eigenvalue weighted by Gasteiger charge is 2.32. The number of imidazole rings is 1. The van der Waals surface area contributed by atoms with Crippen molar-refractivity contribution in [2.45, 2.75) is 54.7 Å². The van der Waals surface area contributed by atoms with Crippen molar-refractivity contribution >= 4 is 37.7 Å². The smallest absolute Gasteiger partial charge is 0.226 e. The van der Waals surface area contributed by atoms with Gasteiger partial charge in [0.15, 0.2) is 5.03 Å². The zero-order valence-corrected chi connectivity index (χ0v) is 19.7. The fourth-order valence-electron chi connectivity index (χ4n) is 4.68. The standard InChI is InChI=1S/C25H26N4O4S/c1-3-15-33-16(2)24-27-21-22(29(24)17-9-11-18(30)12-10-17)20-13-14-26-23(20)28-25(21)34(31,32)19-7-5-4-6-8-19/h3-8,13-14,16-17H,1,9-12,15H2,2H3,(H,26,28)/t16-/m1/s1. The van der Waals surface area contributed by atoms with E-state index in [9.17, 15) is 13.2 Å². The number of aromatic amines is 1. The van der Waals surface area contributed by atoms with E-state index < -0.39 is 15.9 Å². The van der Waals surface area contributed by atoms with Gasteiger partial charge in [0.1, 0.15) is 28.9 Å². The average Bonchev–Trinajstić information content (AvgIpc) is 3.47. The molecule has 5 rings (SSSR count). The van der Waals surface area contributed by atoms with Crippen molar-refractivity contribution in [3.8, 4) is 0 Å². The van der Waals surface area contributed by atoms with Gasteiger partial charge in [-0.05, 0) is 38.0 Å². The molecular weight excluding hydrogens is 452 g/mol. The minimum Gasteiger partial charge on any atom is -0.367 e. The van der Waals surface area contributed by atoms with Crippen molar-refractivity contribution in [1.82, 2.24) is 19.5 Å². The van der Waals surface area contributed by atoms with Gasteiger partial charge in [0, 0.05) is 30.5 Å². The van der Waals surface area contributed by atoms with Crippen molar-refractivity contribution < 1.29 is 17.9 Å². The molecule has 176 valence electrons. The molecule has 1 atom stereocenters. The molecule has 1 aromatic carbocycles. The molecule has 1 N–H and O–H groups in total. The molecule has 0 saturated heterocycles. The van der Waals surface area contributed by atoms with Gasteiger partial charge in [0.05, 0.1) is 17.0 Å². The molecule has 0 bridgehead atoms. The number of pyridine rings is 1. The molecule has 3 aromatic heterocycles. The lowest BCUT2D eigenvalue weighted by Gasteiger charge is -2.26. The average molecular weight is 479 g/mol. The van der Waals surface area contributed by atoms with E-state index in [-0.39, 0.29) is 21.7 Å². The van der Waals surface area contributed by atoms with Gasteiger partial charge < -0.3 is 14.3 Å². The maximum atomic E-state index is 13.7. The number of nitrogens with zero attached hydrogens (tertiary/aromatic N) is 3. The fraction of sp³-hybridized carbons (Fsp3) is 0.320. The Hall–Kier alpha value is -3.30. The van der Waals surface area contributed by atoms with Crippen LogP contribution in [-0.4, -0.2) is 40.3 Å². The van der Waals surface area contributed by atoms with E-state index in [2.05, 4.69) is 21.1 Å². The fourth-order valence-corrected chi connectivity index (χ4v) is 6.03. The number of ketones is 1. The van der Waals surface area contributed by atoms with Crippen LogP contribution in [-0.2, 0) is 19.4 Å². The molecule has 0 spiro atoms. The topological polar surface area (TPSA) is 107 Å². The number of benzene rings is 1. The number of Topliss-reactive ketones (excluding diaryl/α,β-unsaturated/α-hetero) is 1. The molecule has 0 unspecified atom stereocenters. The lowest BCUT2D eigenvalue weighted by Crippen LogP contribution is -2.21. The lowest BCUT2D eigenvalue weighted by atomic mass is 9.93. The van der Waals surface area contributed by atoms with Crippen LogP contribution in [0.5, 0.6) is 0 Å². The molecule has 1 saturated carbocycles. The van der Waals surface area contributed by atoms with Gasteiger partial charge in [0.2, 0.25) is 9.84 Å². The van der Waals surface area contributed by atoms with Crippen molar-refractivity contribution in [2.24, 2.45) is 0 Å². The first-order valence-corrected chi connectivity index (χ1v) is 12.8. The van der Waals surface area contributed by atoms with Crippen molar-refractivity contribution in [1.29, 1.82) is 0 Å². The van der Waals surface area contributed by atoms with Gasteiger partial charge in [-0.15, -0.1) is 6.58 Å². The van der Waals surface area contributed by atoms with Crippen LogP contribution in [0.15, 0.2) is 65.2 Å². The minimum atomic E-state index is -3.94. The third-order valence-electron chi connectivity index (χ3n) is 6.35. The number of H-pyrrole nitrogens is 1. The lowest BCUT2D eigenvalue weighted by molar-refractivity contribution is -0.120. The Morgan fingerprint density at radius 1 is 1.21 bits per heavy atom. The van der Waals surface area contributed by atoms with E-state index in [1.54, 1.807) is 42.6 Å². The van der Waals surface area contributed by atoms with E-state index in [1.807, 2.05) is 13.0 Å². The van der Waals surface area contributed by atoms with Crippen LogP contribution >= 0.6 is 0 Å². The molecule has 4 aromatic rings. The Bertz CT molecular complexity index is 1480. The first kappa shape index (κ1) is 22.5. The molecule has 0 amide bonds.